The van der Waals surface area contributed by atoms with E-state index in [1.807, 2.05) is 18.2 Å². The molecule has 1 fully saturated rings. The summed E-state index contributed by atoms with van der Waals surface area (Å²) in [7, 11) is 0. The van der Waals surface area contributed by atoms with Gasteiger partial charge in [-0.1, -0.05) is 29.8 Å². The van der Waals surface area contributed by atoms with Crippen molar-refractivity contribution in [2.24, 2.45) is 17.6 Å². The van der Waals surface area contributed by atoms with E-state index in [1.54, 1.807) is 0 Å². The lowest BCUT2D eigenvalue weighted by Gasteiger charge is -2.26. The molecule has 0 amide bonds. The molecule has 18 heavy (non-hydrogen) atoms. The summed E-state index contributed by atoms with van der Waals surface area (Å²) in [4.78, 5) is 0. The summed E-state index contributed by atoms with van der Waals surface area (Å²) in [6, 6.07) is 8.08. The van der Waals surface area contributed by atoms with Crippen molar-refractivity contribution >= 4 is 11.6 Å². The van der Waals surface area contributed by atoms with E-state index in [-0.39, 0.29) is 0 Å². The number of nitrogens with two attached hydrogens (primary N) is 1. The van der Waals surface area contributed by atoms with Gasteiger partial charge < -0.3 is 10.5 Å². The molecular formula is C15H22ClNO. The van der Waals surface area contributed by atoms with Crippen molar-refractivity contribution in [1.29, 1.82) is 0 Å². The Bertz CT molecular complexity index is 363. The third-order valence-electron chi connectivity index (χ3n) is 3.81. The largest absolute Gasteiger partial charge is 0.381 e. The average molecular weight is 268 g/mol. The monoisotopic (exact) mass is 267 g/mol. The van der Waals surface area contributed by atoms with Crippen LogP contribution in [0.1, 0.15) is 24.8 Å². The van der Waals surface area contributed by atoms with E-state index in [2.05, 4.69) is 6.07 Å². The molecule has 2 N–H and O–H groups in total. The summed E-state index contributed by atoms with van der Waals surface area (Å²) < 4.78 is 5.40. The van der Waals surface area contributed by atoms with E-state index in [4.69, 9.17) is 22.1 Å². The smallest absolute Gasteiger partial charge is 0.0468 e. The SMILES string of the molecule is NCC(Cc1ccccc1Cl)CC1CCOCC1. The number of ether oxygens (including phenoxy) is 1. The molecule has 1 atom stereocenters. The highest BCUT2D eigenvalue weighted by Crippen LogP contribution is 2.26. The maximum absolute atomic E-state index is 6.21. The summed E-state index contributed by atoms with van der Waals surface area (Å²) in [5, 5.41) is 0.864. The first-order valence-electron chi connectivity index (χ1n) is 6.80. The average Bonchev–Trinajstić information content (AvgIpc) is 2.41. The van der Waals surface area contributed by atoms with Crippen LogP contribution in [0.2, 0.25) is 5.02 Å². The van der Waals surface area contributed by atoms with Crippen molar-refractivity contribution in [3.05, 3.63) is 34.9 Å². The molecule has 1 heterocycles. The van der Waals surface area contributed by atoms with Crippen LogP contribution in [0.25, 0.3) is 0 Å². The van der Waals surface area contributed by atoms with Gasteiger partial charge in [-0.25, -0.2) is 0 Å². The quantitative estimate of drug-likeness (QED) is 0.889. The lowest BCUT2D eigenvalue weighted by atomic mass is 9.85. The number of benzene rings is 1. The summed E-state index contributed by atoms with van der Waals surface area (Å²) >= 11 is 6.21. The highest BCUT2D eigenvalue weighted by molar-refractivity contribution is 6.31. The lowest BCUT2D eigenvalue weighted by Crippen LogP contribution is -2.24. The van der Waals surface area contributed by atoms with Gasteiger partial charge in [0, 0.05) is 18.2 Å². The summed E-state index contributed by atoms with van der Waals surface area (Å²) in [5.41, 5.74) is 7.14. The van der Waals surface area contributed by atoms with E-state index >= 15 is 0 Å². The Morgan fingerprint density at radius 3 is 2.67 bits per heavy atom. The summed E-state index contributed by atoms with van der Waals surface area (Å²) in [6.07, 6.45) is 4.55. The fraction of sp³-hybridized carbons (Fsp3) is 0.600. The fourth-order valence-electron chi connectivity index (χ4n) is 2.69. The molecule has 1 aromatic rings. The van der Waals surface area contributed by atoms with Crippen molar-refractivity contribution in [1.82, 2.24) is 0 Å². The van der Waals surface area contributed by atoms with Crippen molar-refractivity contribution < 1.29 is 4.74 Å². The van der Waals surface area contributed by atoms with Crippen molar-refractivity contribution in [3.63, 3.8) is 0 Å². The zero-order valence-corrected chi connectivity index (χ0v) is 11.5. The van der Waals surface area contributed by atoms with Gasteiger partial charge in [0.15, 0.2) is 0 Å². The van der Waals surface area contributed by atoms with E-state index in [9.17, 15) is 0 Å². The van der Waals surface area contributed by atoms with Gasteiger partial charge in [-0.2, -0.15) is 0 Å². The van der Waals surface area contributed by atoms with Crippen LogP contribution in [-0.2, 0) is 11.2 Å². The molecule has 2 rings (SSSR count). The molecular weight excluding hydrogens is 246 g/mol. The molecule has 1 aliphatic heterocycles. The van der Waals surface area contributed by atoms with Gasteiger partial charge in [0.25, 0.3) is 0 Å². The molecule has 2 nitrogen and oxygen atoms in total. The maximum Gasteiger partial charge on any atom is 0.0468 e. The number of rotatable bonds is 5. The van der Waals surface area contributed by atoms with Crippen molar-refractivity contribution in [2.45, 2.75) is 25.7 Å². The third kappa shape index (κ3) is 3.98. The van der Waals surface area contributed by atoms with Crippen LogP contribution in [0.15, 0.2) is 24.3 Å². The van der Waals surface area contributed by atoms with Gasteiger partial charge in [0.05, 0.1) is 0 Å². The van der Waals surface area contributed by atoms with E-state index in [1.165, 1.54) is 24.8 Å². The predicted molar refractivity (Wildman–Crippen MR) is 75.9 cm³/mol. The number of hydrogen-bond acceptors (Lipinski definition) is 2. The number of halogens is 1. The zero-order valence-electron chi connectivity index (χ0n) is 10.8. The van der Waals surface area contributed by atoms with E-state index in [0.29, 0.717) is 5.92 Å². The number of hydrogen-bond donors (Lipinski definition) is 1. The Hall–Kier alpha value is -0.570. The van der Waals surface area contributed by atoms with Gasteiger partial charge in [-0.3, -0.25) is 0 Å². The highest BCUT2D eigenvalue weighted by Gasteiger charge is 2.19. The molecule has 0 bridgehead atoms. The predicted octanol–water partition coefficient (Wildman–Crippen LogP) is 3.27. The molecule has 0 aliphatic carbocycles. The standard InChI is InChI=1S/C15H22ClNO/c16-15-4-2-1-3-14(15)10-13(11-17)9-12-5-7-18-8-6-12/h1-4,12-13H,5-11,17H2. The first-order valence-corrected chi connectivity index (χ1v) is 7.18. The van der Waals surface area contributed by atoms with Gasteiger partial charge in [-0.15, -0.1) is 0 Å². The molecule has 0 aromatic heterocycles. The first-order chi connectivity index (χ1) is 8.79. The minimum atomic E-state index is 0.535. The van der Waals surface area contributed by atoms with Crippen LogP contribution in [-0.4, -0.2) is 19.8 Å². The molecule has 0 radical (unpaired) electrons. The van der Waals surface area contributed by atoms with Gasteiger partial charge in [-0.05, 0) is 55.7 Å². The maximum atomic E-state index is 6.21. The molecule has 1 unspecified atom stereocenters. The zero-order chi connectivity index (χ0) is 12.8. The van der Waals surface area contributed by atoms with Crippen LogP contribution in [0, 0.1) is 11.8 Å². The molecule has 0 saturated carbocycles. The molecule has 0 spiro atoms. The molecule has 1 aromatic carbocycles. The Morgan fingerprint density at radius 1 is 1.28 bits per heavy atom. The molecule has 1 aliphatic rings. The van der Waals surface area contributed by atoms with Gasteiger partial charge in [0.2, 0.25) is 0 Å². The Balaban J connectivity index is 1.90. The Kier molecular flexibility index (Phi) is 5.48. The Labute approximate surface area is 114 Å². The second-order valence-electron chi connectivity index (χ2n) is 5.19. The van der Waals surface area contributed by atoms with Crippen molar-refractivity contribution in [2.75, 3.05) is 19.8 Å². The van der Waals surface area contributed by atoms with Crippen LogP contribution >= 0.6 is 11.6 Å². The molecule has 1 saturated heterocycles. The van der Waals surface area contributed by atoms with Crippen LogP contribution in [0.5, 0.6) is 0 Å². The topological polar surface area (TPSA) is 35.2 Å². The van der Waals surface area contributed by atoms with Crippen LogP contribution in [0.4, 0.5) is 0 Å². The minimum Gasteiger partial charge on any atom is -0.381 e. The van der Waals surface area contributed by atoms with E-state index in [0.717, 1.165) is 37.1 Å². The highest BCUT2D eigenvalue weighted by atomic mass is 35.5. The van der Waals surface area contributed by atoms with Crippen LogP contribution in [0.3, 0.4) is 0 Å². The fourth-order valence-corrected chi connectivity index (χ4v) is 2.90. The molecule has 100 valence electrons. The first kappa shape index (κ1) is 13.9. The van der Waals surface area contributed by atoms with Gasteiger partial charge >= 0.3 is 0 Å². The normalized spacial score (nSPS) is 18.8. The van der Waals surface area contributed by atoms with E-state index < -0.39 is 0 Å². The lowest BCUT2D eigenvalue weighted by molar-refractivity contribution is 0.0589. The van der Waals surface area contributed by atoms with Gasteiger partial charge in [0.1, 0.15) is 0 Å². The third-order valence-corrected chi connectivity index (χ3v) is 4.18. The molecule has 3 heteroatoms. The summed E-state index contributed by atoms with van der Waals surface area (Å²) in [6.45, 7) is 2.56. The second-order valence-corrected chi connectivity index (χ2v) is 5.60. The van der Waals surface area contributed by atoms with Crippen LogP contribution < -0.4 is 5.73 Å². The summed E-state index contributed by atoms with van der Waals surface area (Å²) in [5.74, 6) is 1.31. The Morgan fingerprint density at radius 2 is 2.00 bits per heavy atom. The minimum absolute atomic E-state index is 0.535. The second kappa shape index (κ2) is 7.13. The van der Waals surface area contributed by atoms with Crippen molar-refractivity contribution in [3.8, 4) is 0 Å².